The minimum absolute atomic E-state index is 0.111. The zero-order chi connectivity index (χ0) is 12.7. The number of hydrogen-bond acceptors (Lipinski definition) is 4. The molecular weight excluding hydrogens is 214 g/mol. The first-order valence-corrected chi connectivity index (χ1v) is 6.59. The highest BCUT2D eigenvalue weighted by atomic mass is 16.5. The first-order valence-electron chi connectivity index (χ1n) is 6.59. The van der Waals surface area contributed by atoms with Gasteiger partial charge in [-0.2, -0.15) is 5.26 Å². The maximum atomic E-state index is 9.14. The van der Waals surface area contributed by atoms with Gasteiger partial charge in [0.05, 0.1) is 18.7 Å². The van der Waals surface area contributed by atoms with Crippen LogP contribution in [0.4, 0.5) is 0 Å². The number of nitriles is 1. The molecule has 0 N–H and O–H groups in total. The van der Waals surface area contributed by atoms with Crippen LogP contribution in [0.25, 0.3) is 0 Å². The summed E-state index contributed by atoms with van der Waals surface area (Å²) in [6, 6.07) is 3.02. The number of methoxy groups -OCH3 is 1. The molecule has 0 aromatic rings. The van der Waals surface area contributed by atoms with Crippen molar-refractivity contribution < 1.29 is 4.74 Å². The highest BCUT2D eigenvalue weighted by Crippen LogP contribution is 2.12. The van der Waals surface area contributed by atoms with Crippen molar-refractivity contribution >= 4 is 0 Å². The maximum Gasteiger partial charge on any atom is 0.0978 e. The first kappa shape index (κ1) is 14.4. The average Bonchev–Trinajstić information content (AvgIpc) is 2.36. The predicted octanol–water partition coefficient (Wildman–Crippen LogP) is 1.33. The normalized spacial score (nSPS) is 22.0. The molecule has 98 valence electrons. The lowest BCUT2D eigenvalue weighted by molar-refractivity contribution is 0.0487. The van der Waals surface area contributed by atoms with Crippen LogP contribution in [0.15, 0.2) is 0 Å². The molecule has 1 rings (SSSR count). The Hall–Kier alpha value is -0.630. The second kappa shape index (κ2) is 7.65. The van der Waals surface area contributed by atoms with Crippen molar-refractivity contribution in [3.63, 3.8) is 0 Å². The summed E-state index contributed by atoms with van der Waals surface area (Å²) >= 11 is 0. The second-order valence-corrected chi connectivity index (χ2v) is 4.81. The molecule has 4 nitrogen and oxygen atoms in total. The Morgan fingerprint density at radius 3 is 2.29 bits per heavy atom. The monoisotopic (exact) mass is 239 g/mol. The zero-order valence-electron chi connectivity index (χ0n) is 11.4. The third kappa shape index (κ3) is 4.27. The third-order valence-corrected chi connectivity index (χ3v) is 3.53. The van der Waals surface area contributed by atoms with Gasteiger partial charge in [0.25, 0.3) is 0 Å². The smallest absolute Gasteiger partial charge is 0.0978 e. The topological polar surface area (TPSA) is 39.5 Å². The fourth-order valence-corrected chi connectivity index (χ4v) is 2.44. The Balaban J connectivity index is 2.37. The number of hydrogen-bond donors (Lipinski definition) is 0. The lowest BCUT2D eigenvalue weighted by Crippen LogP contribution is -2.53. The Morgan fingerprint density at radius 2 is 1.82 bits per heavy atom. The molecule has 2 atom stereocenters. The van der Waals surface area contributed by atoms with Crippen LogP contribution in [0.1, 0.15) is 26.7 Å². The SMILES string of the molecule is CCCC(C#N)N1CCN(C(C)COC)CC1. The maximum absolute atomic E-state index is 9.14. The van der Waals surface area contributed by atoms with E-state index < -0.39 is 0 Å². The van der Waals surface area contributed by atoms with Crippen molar-refractivity contribution in [3.8, 4) is 6.07 Å². The molecule has 1 heterocycles. The molecule has 17 heavy (non-hydrogen) atoms. The number of rotatable bonds is 6. The van der Waals surface area contributed by atoms with Crippen molar-refractivity contribution in [1.82, 2.24) is 9.80 Å². The Bertz CT molecular complexity index is 244. The van der Waals surface area contributed by atoms with Crippen molar-refractivity contribution in [3.05, 3.63) is 0 Å². The molecule has 0 aliphatic carbocycles. The van der Waals surface area contributed by atoms with Crippen LogP contribution in [0.2, 0.25) is 0 Å². The van der Waals surface area contributed by atoms with Crippen LogP contribution < -0.4 is 0 Å². The molecule has 0 bridgehead atoms. The van der Waals surface area contributed by atoms with Crippen LogP contribution in [0.5, 0.6) is 0 Å². The van der Waals surface area contributed by atoms with E-state index in [4.69, 9.17) is 10.00 Å². The van der Waals surface area contributed by atoms with Gasteiger partial charge in [-0.15, -0.1) is 0 Å². The van der Waals surface area contributed by atoms with E-state index in [1.54, 1.807) is 7.11 Å². The largest absolute Gasteiger partial charge is 0.383 e. The lowest BCUT2D eigenvalue weighted by atomic mass is 10.1. The Kier molecular flexibility index (Phi) is 6.49. The van der Waals surface area contributed by atoms with E-state index >= 15 is 0 Å². The zero-order valence-corrected chi connectivity index (χ0v) is 11.4. The number of ether oxygens (including phenoxy) is 1. The van der Waals surface area contributed by atoms with Gasteiger partial charge in [0.15, 0.2) is 0 Å². The summed E-state index contributed by atoms with van der Waals surface area (Å²) in [6.07, 6.45) is 2.07. The van der Waals surface area contributed by atoms with E-state index in [9.17, 15) is 0 Å². The van der Waals surface area contributed by atoms with E-state index in [1.807, 2.05) is 0 Å². The molecule has 0 aromatic carbocycles. The molecule has 1 fully saturated rings. The summed E-state index contributed by atoms with van der Waals surface area (Å²) in [7, 11) is 1.75. The quantitative estimate of drug-likeness (QED) is 0.701. The molecule has 4 heteroatoms. The standard InChI is InChI=1S/C13H25N3O/c1-4-5-13(10-14)16-8-6-15(7-9-16)12(2)11-17-3/h12-13H,4-9,11H2,1-3H3. The Morgan fingerprint density at radius 1 is 1.24 bits per heavy atom. The lowest BCUT2D eigenvalue weighted by Gasteiger charge is -2.39. The Labute approximate surface area is 105 Å². The molecule has 0 amide bonds. The molecule has 2 unspecified atom stereocenters. The van der Waals surface area contributed by atoms with Crippen molar-refractivity contribution in [2.75, 3.05) is 39.9 Å². The van der Waals surface area contributed by atoms with Gasteiger partial charge in [-0.3, -0.25) is 9.80 Å². The summed E-state index contributed by atoms with van der Waals surface area (Å²) in [6.45, 7) is 9.24. The molecule has 1 aliphatic rings. The fourth-order valence-electron chi connectivity index (χ4n) is 2.44. The van der Waals surface area contributed by atoms with Crippen LogP contribution in [-0.2, 0) is 4.74 Å². The summed E-state index contributed by atoms with van der Waals surface area (Å²) in [5.74, 6) is 0. The summed E-state index contributed by atoms with van der Waals surface area (Å²) in [4.78, 5) is 4.76. The molecule has 0 spiro atoms. The predicted molar refractivity (Wildman–Crippen MR) is 68.8 cm³/mol. The molecule has 0 saturated carbocycles. The van der Waals surface area contributed by atoms with Gasteiger partial charge in [-0.25, -0.2) is 0 Å². The highest BCUT2D eigenvalue weighted by molar-refractivity contribution is 4.93. The first-order chi connectivity index (χ1) is 8.22. The summed E-state index contributed by atoms with van der Waals surface area (Å²) in [5.41, 5.74) is 0. The molecule has 0 aromatic heterocycles. The molecule has 0 radical (unpaired) electrons. The molecular formula is C13H25N3O. The van der Waals surface area contributed by atoms with Crippen LogP contribution >= 0.6 is 0 Å². The summed E-state index contributed by atoms with van der Waals surface area (Å²) < 4.78 is 5.18. The second-order valence-electron chi connectivity index (χ2n) is 4.81. The third-order valence-electron chi connectivity index (χ3n) is 3.53. The van der Waals surface area contributed by atoms with Gasteiger partial charge in [-0.05, 0) is 13.3 Å². The van der Waals surface area contributed by atoms with E-state index in [0.717, 1.165) is 45.6 Å². The summed E-state index contributed by atoms with van der Waals surface area (Å²) in [5, 5.41) is 9.14. The van der Waals surface area contributed by atoms with Gasteiger partial charge >= 0.3 is 0 Å². The van der Waals surface area contributed by atoms with Gasteiger partial charge in [-0.1, -0.05) is 13.3 Å². The van der Waals surface area contributed by atoms with E-state index in [2.05, 4.69) is 29.7 Å². The number of piperazine rings is 1. The van der Waals surface area contributed by atoms with Crippen molar-refractivity contribution in [2.45, 2.75) is 38.8 Å². The van der Waals surface area contributed by atoms with Crippen LogP contribution in [-0.4, -0.2) is 61.8 Å². The van der Waals surface area contributed by atoms with E-state index in [1.165, 1.54) is 0 Å². The number of nitrogens with zero attached hydrogens (tertiary/aromatic N) is 3. The molecule has 1 saturated heterocycles. The van der Waals surface area contributed by atoms with Gasteiger partial charge in [0.2, 0.25) is 0 Å². The van der Waals surface area contributed by atoms with Gasteiger partial charge < -0.3 is 4.74 Å². The minimum Gasteiger partial charge on any atom is -0.383 e. The van der Waals surface area contributed by atoms with E-state index in [-0.39, 0.29) is 6.04 Å². The van der Waals surface area contributed by atoms with Crippen LogP contribution in [0.3, 0.4) is 0 Å². The van der Waals surface area contributed by atoms with Gasteiger partial charge in [0.1, 0.15) is 0 Å². The van der Waals surface area contributed by atoms with Crippen LogP contribution in [0, 0.1) is 11.3 Å². The minimum atomic E-state index is 0.111. The van der Waals surface area contributed by atoms with Gasteiger partial charge in [0, 0.05) is 39.3 Å². The molecule has 1 aliphatic heterocycles. The fraction of sp³-hybridized carbons (Fsp3) is 0.923. The van der Waals surface area contributed by atoms with Crippen molar-refractivity contribution in [1.29, 1.82) is 5.26 Å². The van der Waals surface area contributed by atoms with E-state index in [0.29, 0.717) is 6.04 Å². The average molecular weight is 239 g/mol. The highest BCUT2D eigenvalue weighted by Gasteiger charge is 2.25. The van der Waals surface area contributed by atoms with Crippen molar-refractivity contribution in [2.24, 2.45) is 0 Å².